The van der Waals surface area contributed by atoms with Crippen LogP contribution in [-0.2, 0) is 9.84 Å². The summed E-state index contributed by atoms with van der Waals surface area (Å²) in [5, 5.41) is 12.7. The van der Waals surface area contributed by atoms with Gasteiger partial charge in [0.25, 0.3) is 0 Å². The van der Waals surface area contributed by atoms with E-state index in [0.717, 1.165) is 37.3 Å². The maximum atomic E-state index is 11.4. The van der Waals surface area contributed by atoms with Gasteiger partial charge in [-0.15, -0.1) is 0 Å². The minimum absolute atomic E-state index is 0.0678. The Balaban J connectivity index is 1.98. The Morgan fingerprint density at radius 2 is 1.96 bits per heavy atom. The lowest BCUT2D eigenvalue weighted by Crippen LogP contribution is -2.35. The molecule has 1 heterocycles. The molecule has 0 aromatic heterocycles. The predicted octanol–water partition coefficient (Wildman–Crippen LogP) is 1.99. The van der Waals surface area contributed by atoms with Crippen LogP contribution in [0.4, 0.5) is 11.4 Å². The molecule has 23 heavy (non-hydrogen) atoms. The monoisotopic (exact) mass is 340 g/mol. The number of benzene rings is 1. The minimum Gasteiger partial charge on any atom is -0.396 e. The van der Waals surface area contributed by atoms with Crippen molar-refractivity contribution >= 4 is 21.2 Å². The van der Waals surface area contributed by atoms with E-state index >= 15 is 0 Å². The van der Waals surface area contributed by atoms with Gasteiger partial charge in [0.15, 0.2) is 0 Å². The highest BCUT2D eigenvalue weighted by Gasteiger charge is 2.20. The summed E-state index contributed by atoms with van der Waals surface area (Å²) in [7, 11) is -2.94. The van der Waals surface area contributed by atoms with E-state index in [-0.39, 0.29) is 18.3 Å². The zero-order chi connectivity index (χ0) is 16.9. The van der Waals surface area contributed by atoms with Crippen LogP contribution in [0.1, 0.15) is 19.8 Å². The Kier molecular flexibility index (Phi) is 6.30. The molecule has 1 aliphatic heterocycles. The summed E-state index contributed by atoms with van der Waals surface area (Å²) < 4.78 is 22.7. The first-order chi connectivity index (χ1) is 10.9. The fourth-order valence-corrected chi connectivity index (χ4v) is 4.27. The summed E-state index contributed by atoms with van der Waals surface area (Å²) in [6, 6.07) is 8.16. The smallest absolute Gasteiger partial charge is 0.147 e. The second-order valence-electron chi connectivity index (χ2n) is 6.71. The van der Waals surface area contributed by atoms with E-state index in [0.29, 0.717) is 12.5 Å². The number of aliphatic hydroxyl groups is 1. The molecule has 0 bridgehead atoms. The van der Waals surface area contributed by atoms with Crippen molar-refractivity contribution in [2.24, 2.45) is 11.8 Å². The molecular formula is C17H28N2O3S. The number of piperidine rings is 1. The van der Waals surface area contributed by atoms with Gasteiger partial charge >= 0.3 is 0 Å². The summed E-state index contributed by atoms with van der Waals surface area (Å²) in [5.74, 6) is 0.684. The number of para-hydroxylation sites is 2. The van der Waals surface area contributed by atoms with Crippen molar-refractivity contribution in [3.63, 3.8) is 0 Å². The minimum atomic E-state index is -2.94. The Morgan fingerprint density at radius 3 is 2.57 bits per heavy atom. The summed E-state index contributed by atoms with van der Waals surface area (Å²) >= 11 is 0. The van der Waals surface area contributed by atoms with E-state index in [1.807, 2.05) is 25.1 Å². The lowest BCUT2D eigenvalue weighted by Gasteiger charge is -2.34. The maximum absolute atomic E-state index is 11.4. The van der Waals surface area contributed by atoms with Crippen molar-refractivity contribution in [1.82, 2.24) is 0 Å². The van der Waals surface area contributed by atoms with Gasteiger partial charge in [-0.05, 0) is 36.8 Å². The second-order valence-corrected chi connectivity index (χ2v) is 8.89. The molecule has 0 saturated carbocycles. The van der Waals surface area contributed by atoms with Crippen LogP contribution in [0.15, 0.2) is 24.3 Å². The van der Waals surface area contributed by atoms with Crippen molar-refractivity contribution < 1.29 is 13.5 Å². The van der Waals surface area contributed by atoms with E-state index < -0.39 is 9.84 Å². The van der Waals surface area contributed by atoms with Gasteiger partial charge < -0.3 is 15.3 Å². The Labute approximate surface area is 139 Å². The van der Waals surface area contributed by atoms with Gasteiger partial charge in [0.2, 0.25) is 0 Å². The molecule has 0 aliphatic carbocycles. The molecule has 2 N–H and O–H groups in total. The SMILES string of the molecule is CC(CNc1ccccc1N1CCC(CO)CC1)CS(C)(=O)=O. The molecule has 1 atom stereocenters. The first kappa shape index (κ1) is 18.1. The molecule has 1 aliphatic rings. The lowest BCUT2D eigenvalue weighted by molar-refractivity contribution is 0.203. The van der Waals surface area contributed by atoms with Gasteiger partial charge in [0, 0.05) is 32.5 Å². The van der Waals surface area contributed by atoms with Crippen molar-refractivity contribution in [1.29, 1.82) is 0 Å². The molecular weight excluding hydrogens is 312 g/mol. The number of rotatable bonds is 7. The lowest BCUT2D eigenvalue weighted by atomic mass is 9.97. The zero-order valence-corrected chi connectivity index (χ0v) is 14.8. The van der Waals surface area contributed by atoms with Crippen molar-refractivity contribution in [2.45, 2.75) is 19.8 Å². The number of nitrogens with zero attached hydrogens (tertiary/aromatic N) is 1. The number of hydrogen-bond acceptors (Lipinski definition) is 5. The Morgan fingerprint density at radius 1 is 1.30 bits per heavy atom. The number of nitrogens with one attached hydrogen (secondary N) is 1. The van der Waals surface area contributed by atoms with Crippen LogP contribution in [0.2, 0.25) is 0 Å². The molecule has 1 aromatic rings. The highest BCUT2D eigenvalue weighted by Crippen LogP contribution is 2.29. The van der Waals surface area contributed by atoms with Gasteiger partial charge in [-0.2, -0.15) is 0 Å². The van der Waals surface area contributed by atoms with Gasteiger partial charge in [0.05, 0.1) is 17.1 Å². The Bertz CT molecular complexity index is 596. The van der Waals surface area contributed by atoms with Crippen LogP contribution >= 0.6 is 0 Å². The second kappa shape index (κ2) is 8.02. The molecule has 2 rings (SSSR count). The predicted molar refractivity (Wildman–Crippen MR) is 95.8 cm³/mol. The number of sulfone groups is 1. The molecule has 0 spiro atoms. The van der Waals surface area contributed by atoms with Crippen molar-refractivity contribution in [2.75, 3.05) is 48.5 Å². The van der Waals surface area contributed by atoms with Crippen LogP contribution in [0.3, 0.4) is 0 Å². The molecule has 1 fully saturated rings. The van der Waals surface area contributed by atoms with E-state index in [1.54, 1.807) is 0 Å². The zero-order valence-electron chi connectivity index (χ0n) is 14.0. The molecule has 1 aromatic carbocycles. The van der Waals surface area contributed by atoms with Crippen LogP contribution in [-0.4, -0.2) is 51.8 Å². The standard InChI is InChI=1S/C17H28N2O3S/c1-14(13-23(2,21)22)11-18-16-5-3-4-6-17(16)19-9-7-15(12-20)8-10-19/h3-6,14-15,18,20H,7-13H2,1-2H3. The Hall–Kier alpha value is -1.27. The third-order valence-corrected chi connectivity index (χ3v) is 5.52. The van der Waals surface area contributed by atoms with Gasteiger partial charge in [-0.25, -0.2) is 8.42 Å². The molecule has 0 radical (unpaired) electrons. The summed E-state index contributed by atoms with van der Waals surface area (Å²) in [6.45, 7) is 4.75. The average Bonchev–Trinajstić information content (AvgIpc) is 2.52. The summed E-state index contributed by atoms with van der Waals surface area (Å²) in [5.41, 5.74) is 2.21. The average molecular weight is 340 g/mol. The molecule has 1 unspecified atom stereocenters. The highest BCUT2D eigenvalue weighted by molar-refractivity contribution is 7.90. The largest absolute Gasteiger partial charge is 0.396 e. The van der Waals surface area contributed by atoms with E-state index in [1.165, 1.54) is 6.26 Å². The maximum Gasteiger partial charge on any atom is 0.147 e. The fraction of sp³-hybridized carbons (Fsp3) is 0.647. The van der Waals surface area contributed by atoms with Crippen LogP contribution < -0.4 is 10.2 Å². The quantitative estimate of drug-likeness (QED) is 0.794. The highest BCUT2D eigenvalue weighted by atomic mass is 32.2. The molecule has 1 saturated heterocycles. The number of anilines is 2. The third-order valence-electron chi connectivity index (χ3n) is 4.35. The van der Waals surface area contributed by atoms with Crippen LogP contribution in [0.25, 0.3) is 0 Å². The van der Waals surface area contributed by atoms with Crippen molar-refractivity contribution in [3.05, 3.63) is 24.3 Å². The molecule has 6 heteroatoms. The van der Waals surface area contributed by atoms with E-state index in [9.17, 15) is 13.5 Å². The van der Waals surface area contributed by atoms with Gasteiger partial charge in [0.1, 0.15) is 9.84 Å². The van der Waals surface area contributed by atoms with Crippen molar-refractivity contribution in [3.8, 4) is 0 Å². The first-order valence-electron chi connectivity index (χ1n) is 8.25. The normalized spacial score (nSPS) is 18.0. The van der Waals surface area contributed by atoms with Gasteiger partial charge in [-0.3, -0.25) is 0 Å². The van der Waals surface area contributed by atoms with Crippen LogP contribution in [0, 0.1) is 11.8 Å². The fourth-order valence-electron chi connectivity index (χ4n) is 3.12. The van der Waals surface area contributed by atoms with E-state index in [4.69, 9.17) is 0 Å². The first-order valence-corrected chi connectivity index (χ1v) is 10.3. The van der Waals surface area contributed by atoms with Crippen LogP contribution in [0.5, 0.6) is 0 Å². The topological polar surface area (TPSA) is 69.6 Å². The van der Waals surface area contributed by atoms with Gasteiger partial charge in [-0.1, -0.05) is 19.1 Å². The molecule has 0 amide bonds. The molecule has 130 valence electrons. The molecule has 5 nitrogen and oxygen atoms in total. The number of hydrogen-bond donors (Lipinski definition) is 2. The summed E-state index contributed by atoms with van der Waals surface area (Å²) in [6.07, 6.45) is 3.30. The number of aliphatic hydroxyl groups excluding tert-OH is 1. The van der Waals surface area contributed by atoms with E-state index in [2.05, 4.69) is 16.3 Å². The summed E-state index contributed by atoms with van der Waals surface area (Å²) in [4.78, 5) is 2.34. The third kappa shape index (κ3) is 5.70.